The summed E-state index contributed by atoms with van der Waals surface area (Å²) in [6.07, 6.45) is 0.332. The molecular formula is C22H25N3O4S2. The van der Waals surface area contributed by atoms with Crippen molar-refractivity contribution in [3.8, 4) is 0 Å². The highest BCUT2D eigenvalue weighted by molar-refractivity contribution is 7.89. The lowest BCUT2D eigenvalue weighted by atomic mass is 10.0. The number of amides is 1. The molecule has 1 atom stereocenters. The highest BCUT2D eigenvalue weighted by Gasteiger charge is 2.27. The Morgan fingerprint density at radius 3 is 2.39 bits per heavy atom. The average molecular weight is 460 g/mol. The van der Waals surface area contributed by atoms with Gasteiger partial charge in [0.25, 0.3) is 0 Å². The molecule has 164 valence electrons. The Morgan fingerprint density at radius 1 is 1.10 bits per heavy atom. The third kappa shape index (κ3) is 5.75. The van der Waals surface area contributed by atoms with E-state index in [9.17, 15) is 18.0 Å². The van der Waals surface area contributed by atoms with Crippen molar-refractivity contribution < 1.29 is 18.0 Å². The van der Waals surface area contributed by atoms with E-state index in [1.165, 1.54) is 24.3 Å². The summed E-state index contributed by atoms with van der Waals surface area (Å²) in [5.74, 6) is -0.441. The number of carbonyl (C=O) groups is 2. The number of hydrogen-bond acceptors (Lipinski definition) is 6. The fourth-order valence-electron chi connectivity index (χ4n) is 3.14. The molecule has 0 aliphatic rings. The number of Topliss-reactive ketones (excluding diaryl/α,β-unsaturated/α-hetero) is 1. The van der Waals surface area contributed by atoms with Crippen molar-refractivity contribution >= 4 is 49.0 Å². The Labute approximate surface area is 185 Å². The van der Waals surface area contributed by atoms with Crippen LogP contribution in [-0.4, -0.2) is 31.1 Å². The smallest absolute Gasteiger partial charge is 0.242 e. The standard InChI is InChI=1S/C22H25N3O4S2/c1-13(2)11-20(22(27)24-17-7-5-16(6-8-17)14(3)26)25-31(28,29)18-9-10-19-21(12-18)30-15(4)23-19/h5-10,12-13,20,25H,11H2,1-4H3,(H,24,27)/t20-/m1/s1. The molecule has 0 saturated heterocycles. The van der Waals surface area contributed by atoms with E-state index in [1.807, 2.05) is 20.8 Å². The van der Waals surface area contributed by atoms with Gasteiger partial charge < -0.3 is 5.32 Å². The molecule has 1 heterocycles. The molecule has 0 saturated carbocycles. The normalized spacial score (nSPS) is 12.8. The molecule has 0 aliphatic heterocycles. The summed E-state index contributed by atoms with van der Waals surface area (Å²) in [7, 11) is -3.92. The Balaban J connectivity index is 1.81. The molecule has 3 aromatic rings. The second-order valence-electron chi connectivity index (χ2n) is 7.79. The number of aryl methyl sites for hydroxylation is 1. The Kier molecular flexibility index (Phi) is 6.88. The highest BCUT2D eigenvalue weighted by Crippen LogP contribution is 2.25. The van der Waals surface area contributed by atoms with Crippen molar-refractivity contribution in [2.45, 2.75) is 45.1 Å². The number of benzene rings is 2. The number of nitrogens with zero attached hydrogens (tertiary/aromatic N) is 1. The fraction of sp³-hybridized carbons (Fsp3) is 0.318. The van der Waals surface area contributed by atoms with Gasteiger partial charge in [-0.05, 0) is 68.7 Å². The number of ketones is 1. The molecule has 0 unspecified atom stereocenters. The summed E-state index contributed by atoms with van der Waals surface area (Å²) in [5, 5.41) is 3.59. The maximum atomic E-state index is 13.0. The summed E-state index contributed by atoms with van der Waals surface area (Å²) in [4.78, 5) is 28.7. The summed E-state index contributed by atoms with van der Waals surface area (Å²) in [6, 6.07) is 10.3. The van der Waals surface area contributed by atoms with Gasteiger partial charge in [-0.2, -0.15) is 4.72 Å². The van der Waals surface area contributed by atoms with Crippen LogP contribution in [0.5, 0.6) is 0 Å². The molecule has 0 fully saturated rings. The van der Waals surface area contributed by atoms with Gasteiger partial charge in [0.15, 0.2) is 5.78 Å². The molecule has 0 spiro atoms. The average Bonchev–Trinajstić information content (AvgIpc) is 3.06. The molecule has 7 nitrogen and oxygen atoms in total. The fourth-order valence-corrected chi connectivity index (χ4v) is 5.32. The van der Waals surface area contributed by atoms with Crippen LogP contribution >= 0.6 is 11.3 Å². The largest absolute Gasteiger partial charge is 0.325 e. The first-order valence-electron chi connectivity index (χ1n) is 9.86. The van der Waals surface area contributed by atoms with Crippen LogP contribution in [0.4, 0.5) is 5.69 Å². The second-order valence-corrected chi connectivity index (χ2v) is 10.7. The van der Waals surface area contributed by atoms with Gasteiger partial charge in [0, 0.05) is 11.3 Å². The maximum Gasteiger partial charge on any atom is 0.242 e. The SMILES string of the molecule is CC(=O)c1ccc(NC(=O)[C@@H](CC(C)C)NS(=O)(=O)c2ccc3nc(C)sc3c2)cc1. The predicted octanol–water partition coefficient (Wildman–Crippen LogP) is 4.14. The number of fused-ring (bicyclic) bond motifs is 1. The minimum atomic E-state index is -3.92. The molecule has 0 aliphatic carbocycles. The first-order valence-corrected chi connectivity index (χ1v) is 12.2. The predicted molar refractivity (Wildman–Crippen MR) is 123 cm³/mol. The van der Waals surface area contributed by atoms with Crippen LogP contribution in [0.3, 0.4) is 0 Å². The summed E-state index contributed by atoms with van der Waals surface area (Å²) in [6.45, 7) is 7.17. The van der Waals surface area contributed by atoms with Gasteiger partial charge in [-0.1, -0.05) is 13.8 Å². The van der Waals surface area contributed by atoms with E-state index in [0.717, 1.165) is 15.2 Å². The lowest BCUT2D eigenvalue weighted by Crippen LogP contribution is -2.44. The molecule has 1 aromatic heterocycles. The molecular weight excluding hydrogens is 434 g/mol. The maximum absolute atomic E-state index is 13.0. The van der Waals surface area contributed by atoms with Crippen LogP contribution in [0.1, 0.15) is 42.6 Å². The molecule has 31 heavy (non-hydrogen) atoms. The van der Waals surface area contributed by atoms with Crippen LogP contribution in [-0.2, 0) is 14.8 Å². The van der Waals surface area contributed by atoms with Crippen LogP contribution in [0.25, 0.3) is 10.2 Å². The first kappa shape index (κ1) is 23.1. The molecule has 9 heteroatoms. The van der Waals surface area contributed by atoms with Crippen molar-refractivity contribution in [1.82, 2.24) is 9.71 Å². The van der Waals surface area contributed by atoms with Crippen LogP contribution in [0.15, 0.2) is 47.4 Å². The third-order valence-corrected chi connectivity index (χ3v) is 7.06. The number of sulfonamides is 1. The summed E-state index contributed by atoms with van der Waals surface area (Å²) < 4.78 is 29.3. The Bertz CT molecular complexity index is 1220. The van der Waals surface area contributed by atoms with Crippen molar-refractivity contribution in [3.05, 3.63) is 53.0 Å². The Morgan fingerprint density at radius 2 is 1.77 bits per heavy atom. The van der Waals surface area contributed by atoms with Gasteiger partial charge in [0.2, 0.25) is 15.9 Å². The monoisotopic (exact) mass is 459 g/mol. The number of rotatable bonds is 8. The number of nitrogens with one attached hydrogen (secondary N) is 2. The van der Waals surface area contributed by atoms with Gasteiger partial charge in [-0.25, -0.2) is 13.4 Å². The topological polar surface area (TPSA) is 105 Å². The van der Waals surface area contributed by atoms with E-state index in [2.05, 4.69) is 15.0 Å². The van der Waals surface area contributed by atoms with Crippen LogP contribution in [0, 0.1) is 12.8 Å². The van der Waals surface area contributed by atoms with Crippen LogP contribution < -0.4 is 10.0 Å². The van der Waals surface area contributed by atoms with Crippen molar-refractivity contribution in [3.63, 3.8) is 0 Å². The zero-order valence-electron chi connectivity index (χ0n) is 17.8. The minimum absolute atomic E-state index is 0.0728. The molecule has 2 N–H and O–H groups in total. The van der Waals surface area contributed by atoms with Crippen LogP contribution in [0.2, 0.25) is 0 Å². The van der Waals surface area contributed by atoms with E-state index < -0.39 is 22.0 Å². The number of thiazole rings is 1. The van der Waals surface area contributed by atoms with E-state index in [-0.39, 0.29) is 16.6 Å². The molecule has 1 amide bonds. The van der Waals surface area contributed by atoms with Gasteiger partial charge in [-0.15, -0.1) is 11.3 Å². The van der Waals surface area contributed by atoms with Gasteiger partial charge in [0.05, 0.1) is 20.1 Å². The number of carbonyl (C=O) groups excluding carboxylic acids is 2. The number of anilines is 1. The van der Waals surface area contributed by atoms with Gasteiger partial charge in [0.1, 0.15) is 6.04 Å². The zero-order valence-corrected chi connectivity index (χ0v) is 19.4. The van der Waals surface area contributed by atoms with Crippen molar-refractivity contribution in [2.75, 3.05) is 5.32 Å². The van der Waals surface area contributed by atoms with E-state index >= 15 is 0 Å². The molecule has 2 aromatic carbocycles. The van der Waals surface area contributed by atoms with E-state index in [1.54, 1.807) is 36.4 Å². The zero-order chi connectivity index (χ0) is 22.8. The minimum Gasteiger partial charge on any atom is -0.325 e. The van der Waals surface area contributed by atoms with Gasteiger partial charge >= 0.3 is 0 Å². The van der Waals surface area contributed by atoms with Gasteiger partial charge in [-0.3, -0.25) is 9.59 Å². The van der Waals surface area contributed by atoms with Crippen molar-refractivity contribution in [1.29, 1.82) is 0 Å². The molecule has 0 radical (unpaired) electrons. The Hall–Kier alpha value is -2.62. The lowest BCUT2D eigenvalue weighted by molar-refractivity contribution is -0.118. The second kappa shape index (κ2) is 9.25. The van der Waals surface area contributed by atoms with Crippen molar-refractivity contribution in [2.24, 2.45) is 5.92 Å². The summed E-state index contributed by atoms with van der Waals surface area (Å²) in [5.41, 5.74) is 1.77. The first-order chi connectivity index (χ1) is 14.5. The molecule has 0 bridgehead atoms. The summed E-state index contributed by atoms with van der Waals surface area (Å²) >= 11 is 1.42. The highest BCUT2D eigenvalue weighted by atomic mass is 32.2. The lowest BCUT2D eigenvalue weighted by Gasteiger charge is -2.20. The third-order valence-electron chi connectivity index (χ3n) is 4.66. The number of hydrogen-bond donors (Lipinski definition) is 2. The molecule has 3 rings (SSSR count). The van der Waals surface area contributed by atoms with E-state index in [4.69, 9.17) is 0 Å². The van der Waals surface area contributed by atoms with E-state index in [0.29, 0.717) is 17.7 Å². The number of aromatic nitrogens is 1. The quantitative estimate of drug-likeness (QED) is 0.493.